The summed E-state index contributed by atoms with van der Waals surface area (Å²) < 4.78 is 2.35. The molecule has 1 saturated heterocycles. The Bertz CT molecular complexity index is 723. The highest BCUT2D eigenvalue weighted by Gasteiger charge is 2.33. The number of piperidine rings is 1. The maximum Gasteiger partial charge on any atom is 0.227 e. The number of fused-ring (bicyclic) bond motifs is 1. The Morgan fingerprint density at radius 1 is 1.08 bits per heavy atom. The largest absolute Gasteiger partial charge is 0.340 e. The van der Waals surface area contributed by atoms with E-state index in [-0.39, 0.29) is 0 Å². The third kappa shape index (κ3) is 2.46. The number of nitrogens with zero attached hydrogens (tertiary/aromatic N) is 5. The van der Waals surface area contributed by atoms with E-state index in [2.05, 4.69) is 26.6 Å². The number of aromatic nitrogens is 4. The second-order valence-corrected chi connectivity index (χ2v) is 8.55. The summed E-state index contributed by atoms with van der Waals surface area (Å²) in [6.45, 7) is 5.34. The van der Waals surface area contributed by atoms with Crippen molar-refractivity contribution in [3.05, 3.63) is 21.4 Å². The van der Waals surface area contributed by atoms with Crippen molar-refractivity contribution in [1.29, 1.82) is 0 Å². The van der Waals surface area contributed by atoms with E-state index >= 15 is 0 Å². The van der Waals surface area contributed by atoms with Gasteiger partial charge in [-0.2, -0.15) is 0 Å². The Kier molecular flexibility index (Phi) is 3.61. The van der Waals surface area contributed by atoms with Gasteiger partial charge in [-0.25, -0.2) is 4.98 Å². The molecule has 6 heteroatoms. The molecule has 24 heavy (non-hydrogen) atoms. The lowest BCUT2D eigenvalue weighted by molar-refractivity contribution is 0.493. The first-order valence-electron chi connectivity index (χ1n) is 9.50. The van der Waals surface area contributed by atoms with Crippen LogP contribution in [0.1, 0.15) is 72.3 Å². The molecule has 2 fully saturated rings. The minimum atomic E-state index is 0.570. The van der Waals surface area contributed by atoms with Gasteiger partial charge in [0.15, 0.2) is 0 Å². The quantitative estimate of drug-likeness (QED) is 0.852. The molecule has 2 aromatic heterocycles. The molecule has 5 nitrogen and oxygen atoms in total. The first-order valence-corrected chi connectivity index (χ1v) is 10.3. The molecule has 1 unspecified atom stereocenters. The van der Waals surface area contributed by atoms with E-state index in [1.807, 2.05) is 11.3 Å². The normalized spacial score (nSPS) is 23.7. The van der Waals surface area contributed by atoms with Crippen molar-refractivity contribution in [1.82, 2.24) is 19.7 Å². The maximum absolute atomic E-state index is 4.98. The summed E-state index contributed by atoms with van der Waals surface area (Å²) in [6.07, 6.45) is 8.80. The molecule has 0 radical (unpaired) electrons. The number of rotatable bonds is 4. The standard InChI is InChI=1S/C18H25N5S/c1-2-23-16(12-8-9-12)20-21-18(23)22-10-4-5-13(11-22)17-19-14-6-3-7-15(14)24-17/h12-13H,2-11H2,1H3. The zero-order valence-electron chi connectivity index (χ0n) is 14.4. The Labute approximate surface area is 147 Å². The molecule has 3 heterocycles. The Balaban J connectivity index is 1.39. The van der Waals surface area contributed by atoms with Crippen molar-refractivity contribution >= 4 is 17.3 Å². The molecular weight excluding hydrogens is 318 g/mol. The molecule has 5 rings (SSSR count). The Hall–Kier alpha value is -1.43. The van der Waals surface area contributed by atoms with E-state index in [9.17, 15) is 0 Å². The Morgan fingerprint density at radius 2 is 2.00 bits per heavy atom. The molecule has 1 atom stereocenters. The van der Waals surface area contributed by atoms with Crippen LogP contribution in [0.5, 0.6) is 0 Å². The molecule has 128 valence electrons. The number of thiazole rings is 1. The molecule has 2 aromatic rings. The van der Waals surface area contributed by atoms with Gasteiger partial charge in [-0.05, 0) is 51.9 Å². The van der Waals surface area contributed by atoms with Gasteiger partial charge in [0, 0.05) is 36.3 Å². The van der Waals surface area contributed by atoms with Crippen LogP contribution in [-0.2, 0) is 19.4 Å². The highest BCUT2D eigenvalue weighted by Crippen LogP contribution is 2.41. The zero-order chi connectivity index (χ0) is 16.1. The van der Waals surface area contributed by atoms with Gasteiger partial charge >= 0.3 is 0 Å². The van der Waals surface area contributed by atoms with Crippen LogP contribution in [0, 0.1) is 0 Å². The summed E-state index contributed by atoms with van der Waals surface area (Å²) in [5.41, 5.74) is 1.39. The van der Waals surface area contributed by atoms with Crippen LogP contribution in [-0.4, -0.2) is 32.8 Å². The number of hydrogen-bond acceptors (Lipinski definition) is 5. The van der Waals surface area contributed by atoms with E-state index in [4.69, 9.17) is 4.98 Å². The van der Waals surface area contributed by atoms with Crippen LogP contribution in [0.4, 0.5) is 5.95 Å². The van der Waals surface area contributed by atoms with Crippen LogP contribution >= 0.6 is 11.3 Å². The predicted molar refractivity (Wildman–Crippen MR) is 96.0 cm³/mol. The predicted octanol–water partition coefficient (Wildman–Crippen LogP) is 3.50. The van der Waals surface area contributed by atoms with E-state index in [1.54, 1.807) is 4.88 Å². The van der Waals surface area contributed by atoms with Crippen LogP contribution in [0.15, 0.2) is 0 Å². The van der Waals surface area contributed by atoms with Gasteiger partial charge in [0.05, 0.1) is 10.7 Å². The van der Waals surface area contributed by atoms with E-state index in [1.165, 1.54) is 61.5 Å². The number of hydrogen-bond donors (Lipinski definition) is 0. The topological polar surface area (TPSA) is 46.8 Å². The average molecular weight is 344 g/mol. The SMILES string of the molecule is CCn1c(C2CC2)nnc1N1CCCC(c2nc3c(s2)CCC3)C1. The van der Waals surface area contributed by atoms with Crippen LogP contribution in [0.2, 0.25) is 0 Å². The fourth-order valence-electron chi connectivity index (χ4n) is 4.23. The molecule has 0 amide bonds. The molecular formula is C18H25N5S. The van der Waals surface area contributed by atoms with Crippen LogP contribution in [0.3, 0.4) is 0 Å². The zero-order valence-corrected chi connectivity index (χ0v) is 15.2. The van der Waals surface area contributed by atoms with Crippen molar-refractivity contribution in [2.75, 3.05) is 18.0 Å². The molecule has 1 aliphatic heterocycles. The molecule has 1 saturated carbocycles. The summed E-state index contributed by atoms with van der Waals surface area (Å²) >= 11 is 1.98. The second-order valence-electron chi connectivity index (χ2n) is 7.44. The van der Waals surface area contributed by atoms with Crippen molar-refractivity contribution in [2.24, 2.45) is 0 Å². The van der Waals surface area contributed by atoms with Gasteiger partial charge in [0.2, 0.25) is 5.95 Å². The van der Waals surface area contributed by atoms with Crippen molar-refractivity contribution < 1.29 is 0 Å². The number of anilines is 1. The third-order valence-electron chi connectivity index (χ3n) is 5.68. The molecule has 0 aromatic carbocycles. The van der Waals surface area contributed by atoms with Crippen LogP contribution < -0.4 is 4.90 Å². The summed E-state index contributed by atoms with van der Waals surface area (Å²) in [5.74, 6) is 3.53. The van der Waals surface area contributed by atoms with Gasteiger partial charge in [-0.15, -0.1) is 21.5 Å². The van der Waals surface area contributed by atoms with Crippen LogP contribution in [0.25, 0.3) is 0 Å². The van der Waals surface area contributed by atoms with Gasteiger partial charge in [-0.1, -0.05) is 0 Å². The first-order chi connectivity index (χ1) is 11.8. The van der Waals surface area contributed by atoms with Crippen molar-refractivity contribution in [3.63, 3.8) is 0 Å². The minimum Gasteiger partial charge on any atom is -0.340 e. The van der Waals surface area contributed by atoms with Gasteiger partial charge in [-0.3, -0.25) is 4.57 Å². The highest BCUT2D eigenvalue weighted by atomic mass is 32.1. The third-order valence-corrected chi connectivity index (χ3v) is 7.00. The summed E-state index contributed by atoms with van der Waals surface area (Å²) in [6, 6.07) is 0. The van der Waals surface area contributed by atoms with Gasteiger partial charge < -0.3 is 4.90 Å². The van der Waals surface area contributed by atoms with Gasteiger partial charge in [0.25, 0.3) is 0 Å². The summed E-state index contributed by atoms with van der Waals surface area (Å²) in [4.78, 5) is 8.99. The minimum absolute atomic E-state index is 0.570. The highest BCUT2D eigenvalue weighted by molar-refractivity contribution is 7.11. The number of aryl methyl sites for hydroxylation is 2. The van der Waals surface area contributed by atoms with E-state index < -0.39 is 0 Å². The van der Waals surface area contributed by atoms with Crippen molar-refractivity contribution in [2.45, 2.75) is 70.3 Å². The fraction of sp³-hybridized carbons (Fsp3) is 0.722. The van der Waals surface area contributed by atoms with Crippen molar-refractivity contribution in [3.8, 4) is 0 Å². The van der Waals surface area contributed by atoms with E-state index in [0.29, 0.717) is 11.8 Å². The smallest absolute Gasteiger partial charge is 0.227 e. The summed E-state index contributed by atoms with van der Waals surface area (Å²) in [7, 11) is 0. The lowest BCUT2D eigenvalue weighted by Crippen LogP contribution is -2.36. The molecule has 0 spiro atoms. The monoisotopic (exact) mass is 343 g/mol. The fourth-order valence-corrected chi connectivity index (χ4v) is 5.51. The lowest BCUT2D eigenvalue weighted by atomic mass is 9.99. The molecule has 3 aliphatic rings. The molecule has 0 N–H and O–H groups in total. The Morgan fingerprint density at radius 3 is 2.79 bits per heavy atom. The average Bonchev–Trinajstić information content (AvgIpc) is 3.04. The molecule has 0 bridgehead atoms. The summed E-state index contributed by atoms with van der Waals surface area (Å²) in [5, 5.41) is 10.5. The maximum atomic E-state index is 4.98. The van der Waals surface area contributed by atoms with Gasteiger partial charge in [0.1, 0.15) is 5.82 Å². The van der Waals surface area contributed by atoms with E-state index in [0.717, 1.165) is 25.6 Å². The second kappa shape index (κ2) is 5.83. The lowest BCUT2D eigenvalue weighted by Gasteiger charge is -2.32. The molecule has 2 aliphatic carbocycles. The first kappa shape index (κ1) is 14.9.